The third-order valence-corrected chi connectivity index (χ3v) is 3.44. The summed E-state index contributed by atoms with van der Waals surface area (Å²) in [5.74, 6) is -0.250. The lowest BCUT2D eigenvalue weighted by molar-refractivity contribution is -0.157. The van der Waals surface area contributed by atoms with Gasteiger partial charge in [-0.05, 0) is 19.8 Å². The van der Waals surface area contributed by atoms with Crippen molar-refractivity contribution in [2.45, 2.75) is 31.3 Å². The molecule has 0 amide bonds. The molecule has 1 aliphatic heterocycles. The van der Waals surface area contributed by atoms with E-state index in [-0.39, 0.29) is 5.97 Å². The standard InChI is InChI=1S/C11H20N2O3/c1-2-16-10(14)11(12)7-9(8-11)13-3-5-15-6-4-13/h9H,2-8,12H2,1H3. The molecule has 2 aliphatic rings. The van der Waals surface area contributed by atoms with Gasteiger partial charge in [-0.2, -0.15) is 0 Å². The second-order valence-corrected chi connectivity index (χ2v) is 4.59. The predicted molar refractivity (Wildman–Crippen MR) is 59.0 cm³/mol. The first kappa shape index (κ1) is 11.8. The van der Waals surface area contributed by atoms with E-state index in [1.165, 1.54) is 0 Å². The van der Waals surface area contributed by atoms with E-state index < -0.39 is 5.54 Å². The van der Waals surface area contributed by atoms with Gasteiger partial charge in [-0.3, -0.25) is 9.69 Å². The first-order valence-corrected chi connectivity index (χ1v) is 5.93. The van der Waals surface area contributed by atoms with Crippen LogP contribution in [-0.4, -0.2) is 55.4 Å². The molecule has 1 aliphatic carbocycles. The third-order valence-electron chi connectivity index (χ3n) is 3.44. The van der Waals surface area contributed by atoms with Gasteiger partial charge >= 0.3 is 5.97 Å². The summed E-state index contributed by atoms with van der Waals surface area (Å²) in [7, 11) is 0. The number of nitrogens with zero attached hydrogens (tertiary/aromatic N) is 1. The molecule has 2 N–H and O–H groups in total. The number of morpholine rings is 1. The minimum atomic E-state index is -0.737. The highest BCUT2D eigenvalue weighted by atomic mass is 16.5. The van der Waals surface area contributed by atoms with Gasteiger partial charge in [0.05, 0.1) is 19.8 Å². The maximum Gasteiger partial charge on any atom is 0.326 e. The zero-order valence-electron chi connectivity index (χ0n) is 9.78. The molecular weight excluding hydrogens is 208 g/mol. The molecule has 5 heteroatoms. The number of carbonyl (C=O) groups excluding carboxylic acids is 1. The molecule has 1 heterocycles. The fourth-order valence-corrected chi connectivity index (χ4v) is 2.42. The van der Waals surface area contributed by atoms with Crippen LogP contribution in [0.5, 0.6) is 0 Å². The van der Waals surface area contributed by atoms with Crippen LogP contribution in [0.2, 0.25) is 0 Å². The van der Waals surface area contributed by atoms with Crippen LogP contribution in [0.3, 0.4) is 0 Å². The van der Waals surface area contributed by atoms with Crippen molar-refractivity contribution in [2.24, 2.45) is 5.73 Å². The zero-order valence-corrected chi connectivity index (χ0v) is 9.78. The van der Waals surface area contributed by atoms with Crippen LogP contribution in [0.1, 0.15) is 19.8 Å². The molecule has 92 valence electrons. The van der Waals surface area contributed by atoms with Crippen molar-refractivity contribution in [1.29, 1.82) is 0 Å². The van der Waals surface area contributed by atoms with Gasteiger partial charge in [0.1, 0.15) is 5.54 Å². The van der Waals surface area contributed by atoms with Gasteiger partial charge < -0.3 is 15.2 Å². The number of nitrogens with two attached hydrogens (primary N) is 1. The molecule has 0 bridgehead atoms. The molecule has 1 saturated carbocycles. The maximum atomic E-state index is 11.6. The molecule has 0 atom stereocenters. The van der Waals surface area contributed by atoms with E-state index in [9.17, 15) is 4.79 Å². The summed E-state index contributed by atoms with van der Waals surface area (Å²) in [6.07, 6.45) is 1.43. The Morgan fingerprint density at radius 1 is 1.50 bits per heavy atom. The van der Waals surface area contributed by atoms with Crippen LogP contribution in [-0.2, 0) is 14.3 Å². The summed E-state index contributed by atoms with van der Waals surface area (Å²) in [4.78, 5) is 13.9. The summed E-state index contributed by atoms with van der Waals surface area (Å²) in [6, 6.07) is 0.429. The van der Waals surface area contributed by atoms with E-state index in [1.54, 1.807) is 6.92 Å². The molecule has 0 spiro atoms. The quantitative estimate of drug-likeness (QED) is 0.674. The Labute approximate surface area is 95.9 Å². The average molecular weight is 228 g/mol. The number of hydrogen-bond donors (Lipinski definition) is 1. The summed E-state index contributed by atoms with van der Waals surface area (Å²) >= 11 is 0. The molecule has 2 fully saturated rings. The summed E-state index contributed by atoms with van der Waals surface area (Å²) in [6.45, 7) is 5.67. The van der Waals surface area contributed by atoms with Gasteiger partial charge in [0, 0.05) is 19.1 Å². The van der Waals surface area contributed by atoms with E-state index in [4.69, 9.17) is 15.2 Å². The number of esters is 1. The van der Waals surface area contributed by atoms with Crippen LogP contribution in [0, 0.1) is 0 Å². The largest absolute Gasteiger partial charge is 0.465 e. The fraction of sp³-hybridized carbons (Fsp3) is 0.909. The molecule has 0 aromatic carbocycles. The zero-order chi connectivity index (χ0) is 11.6. The van der Waals surface area contributed by atoms with E-state index in [2.05, 4.69) is 4.90 Å². The van der Waals surface area contributed by atoms with Gasteiger partial charge in [-0.15, -0.1) is 0 Å². The van der Waals surface area contributed by atoms with Crippen LogP contribution >= 0.6 is 0 Å². The smallest absolute Gasteiger partial charge is 0.326 e. The molecule has 0 unspecified atom stereocenters. The van der Waals surface area contributed by atoms with Crippen LogP contribution in [0.25, 0.3) is 0 Å². The molecule has 0 aromatic rings. The Balaban J connectivity index is 1.81. The maximum absolute atomic E-state index is 11.6. The third kappa shape index (κ3) is 2.21. The normalized spacial score (nSPS) is 35.5. The summed E-state index contributed by atoms with van der Waals surface area (Å²) in [5.41, 5.74) is 5.26. The molecule has 16 heavy (non-hydrogen) atoms. The van der Waals surface area contributed by atoms with Gasteiger partial charge in [0.2, 0.25) is 0 Å². The molecule has 1 saturated heterocycles. The fourth-order valence-electron chi connectivity index (χ4n) is 2.42. The Hall–Kier alpha value is -0.650. The minimum absolute atomic E-state index is 0.250. The van der Waals surface area contributed by atoms with Gasteiger partial charge in [0.15, 0.2) is 0 Å². The van der Waals surface area contributed by atoms with Crippen molar-refractivity contribution in [3.05, 3.63) is 0 Å². The van der Waals surface area contributed by atoms with Crippen LogP contribution in [0.4, 0.5) is 0 Å². The summed E-state index contributed by atoms with van der Waals surface area (Å²) < 4.78 is 10.3. The van der Waals surface area contributed by atoms with Crippen molar-refractivity contribution >= 4 is 5.97 Å². The van der Waals surface area contributed by atoms with Crippen molar-refractivity contribution in [1.82, 2.24) is 4.90 Å². The van der Waals surface area contributed by atoms with Crippen molar-refractivity contribution in [3.8, 4) is 0 Å². The topological polar surface area (TPSA) is 64.8 Å². The monoisotopic (exact) mass is 228 g/mol. The number of hydrogen-bond acceptors (Lipinski definition) is 5. The van der Waals surface area contributed by atoms with Crippen LogP contribution in [0.15, 0.2) is 0 Å². The van der Waals surface area contributed by atoms with Crippen molar-refractivity contribution in [2.75, 3.05) is 32.9 Å². The number of ether oxygens (including phenoxy) is 2. The van der Waals surface area contributed by atoms with Gasteiger partial charge in [-0.1, -0.05) is 0 Å². The Morgan fingerprint density at radius 3 is 2.69 bits per heavy atom. The second kappa shape index (κ2) is 4.69. The lowest BCUT2D eigenvalue weighted by atomic mass is 9.72. The Morgan fingerprint density at radius 2 is 2.12 bits per heavy atom. The predicted octanol–water partition coefficient (Wildman–Crippen LogP) is -0.258. The molecule has 2 rings (SSSR count). The highest BCUT2D eigenvalue weighted by molar-refractivity contribution is 5.82. The van der Waals surface area contributed by atoms with Gasteiger partial charge in [0.25, 0.3) is 0 Å². The lowest BCUT2D eigenvalue weighted by Crippen LogP contribution is -2.65. The molecule has 0 aromatic heterocycles. The molecule has 5 nitrogen and oxygen atoms in total. The minimum Gasteiger partial charge on any atom is -0.465 e. The van der Waals surface area contributed by atoms with Crippen molar-refractivity contribution in [3.63, 3.8) is 0 Å². The first-order chi connectivity index (χ1) is 7.65. The summed E-state index contributed by atoms with van der Waals surface area (Å²) in [5, 5.41) is 0. The van der Waals surface area contributed by atoms with Crippen LogP contribution < -0.4 is 5.73 Å². The van der Waals surface area contributed by atoms with Crippen molar-refractivity contribution < 1.29 is 14.3 Å². The van der Waals surface area contributed by atoms with E-state index in [0.29, 0.717) is 25.5 Å². The second-order valence-electron chi connectivity index (χ2n) is 4.59. The Bertz CT molecular complexity index is 258. The highest BCUT2D eigenvalue weighted by Gasteiger charge is 2.50. The van der Waals surface area contributed by atoms with E-state index in [0.717, 1.165) is 26.3 Å². The van der Waals surface area contributed by atoms with E-state index in [1.807, 2.05) is 0 Å². The SMILES string of the molecule is CCOC(=O)C1(N)CC(N2CCOCC2)C1. The first-order valence-electron chi connectivity index (χ1n) is 5.93. The van der Waals surface area contributed by atoms with Gasteiger partial charge in [-0.25, -0.2) is 0 Å². The lowest BCUT2D eigenvalue weighted by Gasteiger charge is -2.48. The van der Waals surface area contributed by atoms with E-state index >= 15 is 0 Å². The molecular formula is C11H20N2O3. The molecule has 0 radical (unpaired) electrons. The number of carbonyl (C=O) groups is 1. The number of rotatable bonds is 3. The highest BCUT2D eigenvalue weighted by Crippen LogP contribution is 2.35. The Kier molecular flexibility index (Phi) is 3.47. The average Bonchev–Trinajstić information content (AvgIpc) is 2.26.